The average Bonchev–Trinajstić information content (AvgIpc) is 2.18. The van der Waals surface area contributed by atoms with Gasteiger partial charge in [0.1, 0.15) is 0 Å². The van der Waals surface area contributed by atoms with Crippen LogP contribution in [0.3, 0.4) is 0 Å². The molecule has 2 N–H and O–H groups in total. The van der Waals surface area contributed by atoms with Crippen LogP contribution in [-0.4, -0.2) is 18.3 Å². The molecule has 0 unspecified atom stereocenters. The lowest BCUT2D eigenvalue weighted by atomic mass is 10.3. The summed E-state index contributed by atoms with van der Waals surface area (Å²) in [4.78, 5) is 12.1. The van der Waals surface area contributed by atoms with Crippen LogP contribution in [0.5, 0.6) is 0 Å². The minimum Gasteiger partial charge on any atom is -0.466 e. The highest BCUT2D eigenvalue weighted by atomic mass is 32.2. The van der Waals surface area contributed by atoms with Gasteiger partial charge >= 0.3 is 5.97 Å². The van der Waals surface area contributed by atoms with E-state index in [1.54, 1.807) is 11.8 Å². The molecule has 1 aromatic carbocycles. The number of nitrogens with two attached hydrogens (primary N) is 1. The van der Waals surface area contributed by atoms with Gasteiger partial charge in [-0.05, 0) is 25.1 Å². The van der Waals surface area contributed by atoms with Crippen LogP contribution >= 0.6 is 11.8 Å². The average molecular weight is 225 g/mol. The molecule has 0 spiro atoms. The second kappa shape index (κ2) is 6.35. The van der Waals surface area contributed by atoms with E-state index >= 15 is 0 Å². The van der Waals surface area contributed by atoms with Gasteiger partial charge < -0.3 is 10.5 Å². The fourth-order valence-electron chi connectivity index (χ4n) is 1.09. The van der Waals surface area contributed by atoms with E-state index < -0.39 is 0 Å². The van der Waals surface area contributed by atoms with Crippen LogP contribution in [-0.2, 0) is 9.53 Å². The molecule has 0 aromatic heterocycles. The van der Waals surface area contributed by atoms with Crippen molar-refractivity contribution < 1.29 is 9.53 Å². The summed E-state index contributed by atoms with van der Waals surface area (Å²) >= 11 is 1.61. The van der Waals surface area contributed by atoms with E-state index in [1.165, 1.54) is 0 Å². The Morgan fingerprint density at radius 1 is 1.53 bits per heavy atom. The normalized spacial score (nSPS) is 9.93. The zero-order valence-electron chi connectivity index (χ0n) is 8.73. The fraction of sp³-hybridized carbons (Fsp3) is 0.364. The molecule has 0 aliphatic carbocycles. The molecule has 0 saturated carbocycles. The lowest BCUT2D eigenvalue weighted by Gasteiger charge is -2.02. The van der Waals surface area contributed by atoms with Crippen molar-refractivity contribution >= 4 is 23.4 Å². The first kappa shape index (κ1) is 11.9. The van der Waals surface area contributed by atoms with Crippen molar-refractivity contribution in [2.45, 2.75) is 18.2 Å². The molecule has 0 saturated heterocycles. The number of ether oxygens (including phenoxy) is 1. The van der Waals surface area contributed by atoms with E-state index in [9.17, 15) is 4.79 Å². The molecule has 4 heteroatoms. The molecule has 1 aromatic rings. The van der Waals surface area contributed by atoms with Gasteiger partial charge in [-0.1, -0.05) is 6.07 Å². The molecule has 82 valence electrons. The van der Waals surface area contributed by atoms with Crippen LogP contribution in [0, 0.1) is 0 Å². The van der Waals surface area contributed by atoms with Crippen molar-refractivity contribution in [1.29, 1.82) is 0 Å². The summed E-state index contributed by atoms with van der Waals surface area (Å²) in [6.07, 6.45) is 0.438. The Hall–Kier alpha value is -1.16. The number of rotatable bonds is 5. The predicted molar refractivity (Wildman–Crippen MR) is 62.8 cm³/mol. The number of thioether (sulfide) groups is 1. The zero-order valence-corrected chi connectivity index (χ0v) is 9.55. The Morgan fingerprint density at radius 3 is 3.00 bits per heavy atom. The first-order valence-electron chi connectivity index (χ1n) is 4.86. The molecule has 3 nitrogen and oxygen atoms in total. The number of nitrogen functional groups attached to an aromatic ring is 1. The summed E-state index contributed by atoms with van der Waals surface area (Å²) in [5.74, 6) is 0.580. The Kier molecular flexibility index (Phi) is 5.04. The van der Waals surface area contributed by atoms with Crippen molar-refractivity contribution in [3.63, 3.8) is 0 Å². The summed E-state index contributed by atoms with van der Waals surface area (Å²) < 4.78 is 4.83. The molecule has 0 atom stereocenters. The third-order valence-electron chi connectivity index (χ3n) is 1.74. The molecule has 0 bridgehead atoms. The molecular weight excluding hydrogens is 210 g/mol. The topological polar surface area (TPSA) is 52.3 Å². The van der Waals surface area contributed by atoms with Crippen LogP contribution in [0.4, 0.5) is 5.69 Å². The molecule has 0 radical (unpaired) electrons. The molecule has 0 aliphatic heterocycles. The maximum atomic E-state index is 11.0. The molecule has 0 heterocycles. The van der Waals surface area contributed by atoms with Crippen molar-refractivity contribution in [3.8, 4) is 0 Å². The van der Waals surface area contributed by atoms with E-state index in [1.807, 2.05) is 31.2 Å². The van der Waals surface area contributed by atoms with E-state index in [4.69, 9.17) is 10.5 Å². The van der Waals surface area contributed by atoms with E-state index in [-0.39, 0.29) is 5.97 Å². The number of anilines is 1. The van der Waals surface area contributed by atoms with Gasteiger partial charge in [0.05, 0.1) is 13.0 Å². The molecule has 0 aliphatic rings. The predicted octanol–water partition coefficient (Wildman–Crippen LogP) is 2.31. The first-order chi connectivity index (χ1) is 7.22. The van der Waals surface area contributed by atoms with Crippen molar-refractivity contribution in [2.24, 2.45) is 0 Å². The van der Waals surface area contributed by atoms with Crippen LogP contribution in [0.15, 0.2) is 29.2 Å². The summed E-state index contributed by atoms with van der Waals surface area (Å²) in [7, 11) is 0. The number of hydrogen-bond acceptors (Lipinski definition) is 4. The fourth-order valence-corrected chi connectivity index (χ4v) is 1.99. The minimum atomic E-state index is -0.145. The molecule has 0 fully saturated rings. The molecule has 0 amide bonds. The van der Waals surface area contributed by atoms with E-state index in [2.05, 4.69) is 0 Å². The third-order valence-corrected chi connectivity index (χ3v) is 2.73. The van der Waals surface area contributed by atoms with Crippen molar-refractivity contribution in [1.82, 2.24) is 0 Å². The highest BCUT2D eigenvalue weighted by Crippen LogP contribution is 2.20. The Labute approximate surface area is 94.0 Å². The smallest absolute Gasteiger partial charge is 0.306 e. The van der Waals surface area contributed by atoms with Crippen LogP contribution in [0.25, 0.3) is 0 Å². The van der Waals surface area contributed by atoms with Gasteiger partial charge in [-0.15, -0.1) is 11.8 Å². The quantitative estimate of drug-likeness (QED) is 0.474. The molecule has 15 heavy (non-hydrogen) atoms. The van der Waals surface area contributed by atoms with Gasteiger partial charge in [0.25, 0.3) is 0 Å². The number of esters is 1. The van der Waals surface area contributed by atoms with E-state index in [0.29, 0.717) is 13.0 Å². The van der Waals surface area contributed by atoms with Crippen LogP contribution < -0.4 is 5.73 Å². The highest BCUT2D eigenvalue weighted by Gasteiger charge is 2.01. The SMILES string of the molecule is CCOC(=O)CCSc1cccc(N)c1. The van der Waals surface area contributed by atoms with Gasteiger partial charge in [0.2, 0.25) is 0 Å². The number of benzene rings is 1. The summed E-state index contributed by atoms with van der Waals surface area (Å²) in [5, 5.41) is 0. The van der Waals surface area contributed by atoms with Crippen molar-refractivity contribution in [2.75, 3.05) is 18.1 Å². The Balaban J connectivity index is 2.28. The summed E-state index contributed by atoms with van der Waals surface area (Å²) in [6, 6.07) is 7.62. The Bertz CT molecular complexity index is 328. The van der Waals surface area contributed by atoms with Gasteiger partial charge in [-0.2, -0.15) is 0 Å². The number of carbonyl (C=O) groups excluding carboxylic acids is 1. The largest absolute Gasteiger partial charge is 0.466 e. The van der Waals surface area contributed by atoms with Gasteiger partial charge in [0, 0.05) is 16.3 Å². The van der Waals surface area contributed by atoms with Gasteiger partial charge in [-0.25, -0.2) is 0 Å². The zero-order chi connectivity index (χ0) is 11.1. The second-order valence-electron chi connectivity index (χ2n) is 2.98. The first-order valence-corrected chi connectivity index (χ1v) is 5.85. The molecule has 1 rings (SSSR count). The maximum Gasteiger partial charge on any atom is 0.306 e. The van der Waals surface area contributed by atoms with E-state index in [0.717, 1.165) is 16.3 Å². The second-order valence-corrected chi connectivity index (χ2v) is 4.14. The maximum absolute atomic E-state index is 11.0. The lowest BCUT2D eigenvalue weighted by Crippen LogP contribution is -2.04. The van der Waals surface area contributed by atoms with Crippen LogP contribution in [0.1, 0.15) is 13.3 Å². The van der Waals surface area contributed by atoms with Gasteiger partial charge in [0.15, 0.2) is 0 Å². The monoisotopic (exact) mass is 225 g/mol. The highest BCUT2D eigenvalue weighted by molar-refractivity contribution is 7.99. The minimum absolute atomic E-state index is 0.145. The van der Waals surface area contributed by atoms with Crippen LogP contribution in [0.2, 0.25) is 0 Å². The van der Waals surface area contributed by atoms with Gasteiger partial charge in [-0.3, -0.25) is 4.79 Å². The van der Waals surface area contributed by atoms with Crippen molar-refractivity contribution in [3.05, 3.63) is 24.3 Å². The standard InChI is InChI=1S/C11H15NO2S/c1-2-14-11(13)6-7-15-10-5-3-4-9(12)8-10/h3-5,8H,2,6-7,12H2,1H3. The summed E-state index contributed by atoms with van der Waals surface area (Å²) in [5.41, 5.74) is 6.38. The summed E-state index contributed by atoms with van der Waals surface area (Å²) in [6.45, 7) is 2.25. The number of hydrogen-bond donors (Lipinski definition) is 1. The Morgan fingerprint density at radius 2 is 2.33 bits per heavy atom. The number of carbonyl (C=O) groups is 1. The third kappa shape index (κ3) is 4.74. The molecular formula is C11H15NO2S. The lowest BCUT2D eigenvalue weighted by molar-refractivity contribution is -0.142.